The SMILES string of the molecule is Nc1cnc(NCCc2ccc(Cl)s2)nc1. The first-order valence-corrected chi connectivity index (χ1v) is 5.99. The maximum Gasteiger partial charge on any atom is 0.222 e. The summed E-state index contributed by atoms with van der Waals surface area (Å²) in [6.45, 7) is 0.779. The van der Waals surface area contributed by atoms with Gasteiger partial charge in [-0.25, -0.2) is 9.97 Å². The highest BCUT2D eigenvalue weighted by Gasteiger charge is 1.99. The molecule has 0 aliphatic heterocycles. The maximum atomic E-state index is 5.83. The minimum absolute atomic E-state index is 0.565. The lowest BCUT2D eigenvalue weighted by atomic mass is 10.3. The fourth-order valence-electron chi connectivity index (χ4n) is 1.21. The summed E-state index contributed by atoms with van der Waals surface area (Å²) < 4.78 is 0.818. The second-order valence-corrected chi connectivity index (χ2v) is 5.02. The van der Waals surface area contributed by atoms with E-state index in [0.29, 0.717) is 11.6 Å². The third-order valence-electron chi connectivity index (χ3n) is 1.96. The third-order valence-corrected chi connectivity index (χ3v) is 3.25. The second-order valence-electron chi connectivity index (χ2n) is 3.22. The van der Waals surface area contributed by atoms with Crippen LogP contribution < -0.4 is 11.1 Å². The zero-order valence-corrected chi connectivity index (χ0v) is 10.1. The minimum Gasteiger partial charge on any atom is -0.396 e. The van der Waals surface area contributed by atoms with E-state index in [1.165, 1.54) is 4.88 Å². The van der Waals surface area contributed by atoms with Gasteiger partial charge < -0.3 is 11.1 Å². The number of nitrogens with zero attached hydrogens (tertiary/aromatic N) is 2. The zero-order chi connectivity index (χ0) is 11.4. The first kappa shape index (κ1) is 11.2. The van der Waals surface area contributed by atoms with Gasteiger partial charge in [0.1, 0.15) is 0 Å². The normalized spacial score (nSPS) is 10.3. The molecule has 6 heteroatoms. The molecule has 2 rings (SSSR count). The van der Waals surface area contributed by atoms with Crippen LogP contribution in [0.3, 0.4) is 0 Å². The van der Waals surface area contributed by atoms with Crippen LogP contribution >= 0.6 is 22.9 Å². The van der Waals surface area contributed by atoms with Crippen molar-refractivity contribution >= 4 is 34.6 Å². The standard InChI is InChI=1S/C10H11ClN4S/c11-9-2-1-8(16-9)3-4-13-10-14-5-7(12)6-15-10/h1-2,5-6H,3-4,12H2,(H,13,14,15). The fourth-order valence-corrected chi connectivity index (χ4v) is 2.30. The summed E-state index contributed by atoms with van der Waals surface area (Å²) >= 11 is 7.42. The van der Waals surface area contributed by atoms with E-state index in [2.05, 4.69) is 15.3 Å². The summed E-state index contributed by atoms with van der Waals surface area (Å²) in [4.78, 5) is 9.33. The Labute approximate surface area is 102 Å². The predicted octanol–water partition coefficient (Wildman–Crippen LogP) is 2.43. The molecule has 0 bridgehead atoms. The number of hydrogen-bond acceptors (Lipinski definition) is 5. The number of rotatable bonds is 4. The van der Waals surface area contributed by atoms with E-state index in [9.17, 15) is 0 Å². The van der Waals surface area contributed by atoms with Crippen LogP contribution in [-0.2, 0) is 6.42 Å². The number of thiophene rings is 1. The summed E-state index contributed by atoms with van der Waals surface area (Å²) in [7, 11) is 0. The van der Waals surface area contributed by atoms with Crippen molar-refractivity contribution in [2.75, 3.05) is 17.6 Å². The van der Waals surface area contributed by atoms with Gasteiger partial charge in [0.2, 0.25) is 5.95 Å². The van der Waals surface area contributed by atoms with Crippen molar-refractivity contribution in [3.63, 3.8) is 0 Å². The molecular formula is C10H11ClN4S. The van der Waals surface area contributed by atoms with Gasteiger partial charge in [-0.1, -0.05) is 11.6 Å². The van der Waals surface area contributed by atoms with Crippen LogP contribution in [0.25, 0.3) is 0 Å². The smallest absolute Gasteiger partial charge is 0.222 e. The van der Waals surface area contributed by atoms with Crippen molar-refractivity contribution in [3.05, 3.63) is 33.7 Å². The van der Waals surface area contributed by atoms with Crippen LogP contribution in [-0.4, -0.2) is 16.5 Å². The summed E-state index contributed by atoms with van der Waals surface area (Å²) in [6, 6.07) is 3.93. The van der Waals surface area contributed by atoms with Crippen molar-refractivity contribution < 1.29 is 0 Å². The highest BCUT2D eigenvalue weighted by Crippen LogP contribution is 2.21. The molecule has 0 aliphatic carbocycles. The maximum absolute atomic E-state index is 5.83. The van der Waals surface area contributed by atoms with Gasteiger partial charge in [-0.2, -0.15) is 0 Å². The Bertz CT molecular complexity index is 454. The van der Waals surface area contributed by atoms with Crippen molar-refractivity contribution in [3.8, 4) is 0 Å². The Balaban J connectivity index is 1.82. The van der Waals surface area contributed by atoms with Crippen LogP contribution in [0.2, 0.25) is 4.34 Å². The van der Waals surface area contributed by atoms with Gasteiger partial charge in [0.25, 0.3) is 0 Å². The van der Waals surface area contributed by atoms with Gasteiger partial charge in [-0.3, -0.25) is 0 Å². The van der Waals surface area contributed by atoms with Gasteiger partial charge in [-0.05, 0) is 18.6 Å². The average Bonchev–Trinajstić information content (AvgIpc) is 2.67. The molecule has 0 amide bonds. The van der Waals surface area contributed by atoms with Crippen LogP contribution in [0.15, 0.2) is 24.5 Å². The van der Waals surface area contributed by atoms with E-state index >= 15 is 0 Å². The molecule has 0 aromatic carbocycles. The average molecular weight is 255 g/mol. The largest absolute Gasteiger partial charge is 0.396 e. The molecule has 0 aliphatic rings. The van der Waals surface area contributed by atoms with Crippen LogP contribution in [0.5, 0.6) is 0 Å². The first-order chi connectivity index (χ1) is 7.74. The van der Waals surface area contributed by atoms with Gasteiger partial charge in [0, 0.05) is 11.4 Å². The Morgan fingerprint density at radius 3 is 2.69 bits per heavy atom. The van der Waals surface area contributed by atoms with Crippen molar-refractivity contribution in [1.82, 2.24) is 9.97 Å². The van der Waals surface area contributed by atoms with E-state index in [0.717, 1.165) is 17.3 Å². The van der Waals surface area contributed by atoms with Crippen LogP contribution in [0, 0.1) is 0 Å². The molecule has 3 N–H and O–H groups in total. The molecule has 0 fully saturated rings. The Morgan fingerprint density at radius 2 is 2.06 bits per heavy atom. The van der Waals surface area contributed by atoms with Crippen molar-refractivity contribution in [2.24, 2.45) is 0 Å². The lowest BCUT2D eigenvalue weighted by molar-refractivity contribution is 1.00. The number of nitrogens with two attached hydrogens (primary N) is 1. The van der Waals surface area contributed by atoms with Gasteiger partial charge in [0.05, 0.1) is 22.4 Å². The Kier molecular flexibility index (Phi) is 3.58. The number of nitrogens with one attached hydrogen (secondary N) is 1. The molecule has 0 radical (unpaired) electrons. The van der Waals surface area contributed by atoms with Crippen molar-refractivity contribution in [2.45, 2.75) is 6.42 Å². The molecule has 0 saturated carbocycles. The number of aromatic nitrogens is 2. The summed E-state index contributed by atoms with van der Waals surface area (Å²) in [6.07, 6.45) is 4.07. The second kappa shape index (κ2) is 5.14. The van der Waals surface area contributed by atoms with Gasteiger partial charge >= 0.3 is 0 Å². The van der Waals surface area contributed by atoms with Gasteiger partial charge in [-0.15, -0.1) is 11.3 Å². The summed E-state index contributed by atoms with van der Waals surface area (Å²) in [5.74, 6) is 0.594. The van der Waals surface area contributed by atoms with Crippen LogP contribution in [0.4, 0.5) is 11.6 Å². The highest BCUT2D eigenvalue weighted by molar-refractivity contribution is 7.16. The molecular weight excluding hydrogens is 244 g/mol. The number of hydrogen-bond donors (Lipinski definition) is 2. The Morgan fingerprint density at radius 1 is 1.31 bits per heavy atom. The molecule has 84 valence electrons. The Hall–Kier alpha value is -1.33. The van der Waals surface area contributed by atoms with E-state index in [1.807, 2.05) is 12.1 Å². The molecule has 2 aromatic rings. The minimum atomic E-state index is 0.565. The molecule has 0 atom stereocenters. The summed E-state index contributed by atoms with van der Waals surface area (Å²) in [5.41, 5.74) is 6.05. The number of anilines is 2. The number of halogens is 1. The zero-order valence-electron chi connectivity index (χ0n) is 8.48. The quantitative estimate of drug-likeness (QED) is 0.880. The monoisotopic (exact) mass is 254 g/mol. The third kappa shape index (κ3) is 3.08. The molecule has 0 saturated heterocycles. The van der Waals surface area contributed by atoms with Crippen molar-refractivity contribution in [1.29, 1.82) is 0 Å². The molecule has 0 spiro atoms. The predicted molar refractivity (Wildman–Crippen MR) is 68.0 cm³/mol. The molecule has 2 aromatic heterocycles. The molecule has 4 nitrogen and oxygen atoms in total. The van der Waals surface area contributed by atoms with Gasteiger partial charge in [0.15, 0.2) is 0 Å². The van der Waals surface area contributed by atoms with Crippen LogP contribution in [0.1, 0.15) is 4.88 Å². The highest BCUT2D eigenvalue weighted by atomic mass is 35.5. The molecule has 2 heterocycles. The first-order valence-electron chi connectivity index (χ1n) is 4.79. The summed E-state index contributed by atoms with van der Waals surface area (Å²) in [5, 5.41) is 3.12. The number of nitrogen functional groups attached to an aromatic ring is 1. The lowest BCUT2D eigenvalue weighted by Crippen LogP contribution is -2.07. The molecule has 0 unspecified atom stereocenters. The van der Waals surface area contributed by atoms with E-state index in [4.69, 9.17) is 17.3 Å². The lowest BCUT2D eigenvalue weighted by Gasteiger charge is -2.02. The van der Waals surface area contributed by atoms with E-state index < -0.39 is 0 Å². The van der Waals surface area contributed by atoms with E-state index in [1.54, 1.807) is 23.7 Å². The topological polar surface area (TPSA) is 63.8 Å². The fraction of sp³-hybridized carbons (Fsp3) is 0.200. The molecule has 16 heavy (non-hydrogen) atoms. The van der Waals surface area contributed by atoms with E-state index in [-0.39, 0.29) is 0 Å².